The van der Waals surface area contributed by atoms with Crippen LogP contribution in [0, 0.1) is 0 Å². The van der Waals surface area contributed by atoms with Crippen molar-refractivity contribution in [3.05, 3.63) is 52.7 Å². The Morgan fingerprint density at radius 1 is 1.12 bits per heavy atom. The van der Waals surface area contributed by atoms with Crippen LogP contribution < -0.4 is 10.2 Å². The van der Waals surface area contributed by atoms with Gasteiger partial charge in [-0.25, -0.2) is 9.78 Å². The summed E-state index contributed by atoms with van der Waals surface area (Å²) in [4.78, 5) is 42.6. The molecule has 2 heterocycles. The summed E-state index contributed by atoms with van der Waals surface area (Å²) in [5.41, 5.74) is -0.183. The molecular weight excluding hydrogens is 465 g/mol. The van der Waals surface area contributed by atoms with Crippen molar-refractivity contribution in [1.29, 1.82) is 0 Å². The molecule has 0 atom stereocenters. The Labute approximate surface area is 192 Å². The number of ether oxygens (including phenoxy) is 1. The maximum Gasteiger partial charge on any atom is 0.417 e. The van der Waals surface area contributed by atoms with Crippen molar-refractivity contribution in [2.24, 2.45) is 0 Å². The van der Waals surface area contributed by atoms with Gasteiger partial charge in [0.15, 0.2) is 6.61 Å². The Bertz CT molecular complexity index is 1040. The van der Waals surface area contributed by atoms with E-state index in [2.05, 4.69) is 10.3 Å². The first-order valence-electron chi connectivity index (χ1n) is 9.85. The molecule has 0 aliphatic carbocycles. The molecule has 0 saturated carbocycles. The SMILES string of the molecule is CC(=O)Nc1ccc(C(=O)OCC(=O)N2CCN(c3ncc(C(F)(F)F)cc3Cl)CC2)cc1. The number of pyridine rings is 1. The number of benzene rings is 1. The van der Waals surface area contributed by atoms with Crippen molar-refractivity contribution >= 4 is 40.9 Å². The van der Waals surface area contributed by atoms with Crippen LogP contribution in [0.5, 0.6) is 0 Å². The summed E-state index contributed by atoms with van der Waals surface area (Å²) >= 11 is 5.98. The summed E-state index contributed by atoms with van der Waals surface area (Å²) in [6.07, 6.45) is -3.81. The van der Waals surface area contributed by atoms with Gasteiger partial charge in [-0.05, 0) is 30.3 Å². The zero-order chi connectivity index (χ0) is 24.2. The van der Waals surface area contributed by atoms with Crippen molar-refractivity contribution in [1.82, 2.24) is 9.88 Å². The zero-order valence-electron chi connectivity index (χ0n) is 17.5. The normalized spacial score (nSPS) is 14.1. The standard InChI is InChI=1S/C21H20ClF3N4O4/c1-13(30)27-16-4-2-14(3-5-16)20(32)33-12-18(31)28-6-8-29(9-7-28)19-17(22)10-15(11-26-19)21(23,24)25/h2-5,10-11H,6-9,12H2,1H3,(H,27,30). The lowest BCUT2D eigenvalue weighted by molar-refractivity contribution is -0.138. The lowest BCUT2D eigenvalue weighted by atomic mass is 10.2. The van der Waals surface area contributed by atoms with Crippen LogP contribution in [0.2, 0.25) is 5.02 Å². The molecule has 2 aromatic rings. The summed E-state index contributed by atoms with van der Waals surface area (Å²) in [6, 6.07) is 6.85. The molecule has 1 aliphatic heterocycles. The summed E-state index contributed by atoms with van der Waals surface area (Å²) in [5, 5.41) is 2.45. The van der Waals surface area contributed by atoms with Gasteiger partial charge in [0.1, 0.15) is 5.82 Å². The molecule has 1 aromatic carbocycles. The average Bonchev–Trinajstić information content (AvgIpc) is 2.77. The number of rotatable bonds is 5. The van der Waals surface area contributed by atoms with Crippen LogP contribution in [-0.4, -0.2) is 60.5 Å². The molecule has 0 spiro atoms. The van der Waals surface area contributed by atoms with E-state index in [1.54, 1.807) is 17.0 Å². The highest BCUT2D eigenvalue weighted by Crippen LogP contribution is 2.33. The largest absolute Gasteiger partial charge is 0.452 e. The van der Waals surface area contributed by atoms with E-state index in [1.165, 1.54) is 24.0 Å². The molecule has 3 rings (SSSR count). The van der Waals surface area contributed by atoms with Crippen LogP contribution in [0.25, 0.3) is 0 Å². The van der Waals surface area contributed by atoms with E-state index in [-0.39, 0.29) is 35.4 Å². The van der Waals surface area contributed by atoms with Gasteiger partial charge in [0.05, 0.1) is 16.1 Å². The lowest BCUT2D eigenvalue weighted by Gasteiger charge is -2.35. The summed E-state index contributed by atoms with van der Waals surface area (Å²) in [7, 11) is 0. The number of alkyl halides is 3. The zero-order valence-corrected chi connectivity index (χ0v) is 18.2. The van der Waals surface area contributed by atoms with Gasteiger partial charge in [0, 0.05) is 45.0 Å². The van der Waals surface area contributed by atoms with Crippen LogP contribution in [0.3, 0.4) is 0 Å². The molecule has 0 unspecified atom stereocenters. The second-order valence-electron chi connectivity index (χ2n) is 7.23. The highest BCUT2D eigenvalue weighted by Gasteiger charge is 2.32. The monoisotopic (exact) mass is 484 g/mol. The molecule has 0 bridgehead atoms. The minimum absolute atomic E-state index is 0.122. The number of nitrogens with zero attached hydrogens (tertiary/aromatic N) is 3. The summed E-state index contributed by atoms with van der Waals surface area (Å²) < 4.78 is 43.4. The quantitative estimate of drug-likeness (QED) is 0.655. The Kier molecular flexibility index (Phi) is 7.42. The Balaban J connectivity index is 1.49. The van der Waals surface area contributed by atoms with Crippen molar-refractivity contribution in [2.45, 2.75) is 13.1 Å². The summed E-state index contributed by atoms with van der Waals surface area (Å²) in [6.45, 7) is 2.06. The van der Waals surface area contributed by atoms with E-state index in [9.17, 15) is 27.6 Å². The van der Waals surface area contributed by atoms with Crippen LogP contribution in [0.15, 0.2) is 36.5 Å². The maximum atomic E-state index is 12.8. The fourth-order valence-corrected chi connectivity index (χ4v) is 3.47. The van der Waals surface area contributed by atoms with E-state index in [4.69, 9.17) is 16.3 Å². The number of nitrogens with one attached hydrogen (secondary N) is 1. The molecule has 0 radical (unpaired) electrons. The summed E-state index contributed by atoms with van der Waals surface area (Å²) in [5.74, 6) is -1.11. The number of amides is 2. The molecule has 176 valence electrons. The van der Waals surface area contributed by atoms with Crippen molar-refractivity contribution < 1.29 is 32.3 Å². The lowest BCUT2D eigenvalue weighted by Crippen LogP contribution is -2.50. The number of hydrogen-bond acceptors (Lipinski definition) is 6. The second kappa shape index (κ2) is 10.1. The van der Waals surface area contributed by atoms with Gasteiger partial charge >= 0.3 is 12.1 Å². The molecular formula is C21H20ClF3N4O4. The fraction of sp³-hybridized carbons (Fsp3) is 0.333. The number of esters is 1. The number of carbonyl (C=O) groups excluding carboxylic acids is 3. The number of anilines is 2. The van der Waals surface area contributed by atoms with E-state index >= 15 is 0 Å². The Morgan fingerprint density at radius 3 is 2.30 bits per heavy atom. The Morgan fingerprint density at radius 2 is 1.76 bits per heavy atom. The Hall–Kier alpha value is -3.34. The third-order valence-corrected chi connectivity index (χ3v) is 5.13. The minimum atomic E-state index is -4.54. The minimum Gasteiger partial charge on any atom is -0.452 e. The van der Waals surface area contributed by atoms with Gasteiger partial charge in [-0.3, -0.25) is 9.59 Å². The number of halogens is 4. The number of aromatic nitrogens is 1. The molecule has 2 amide bonds. The van der Waals surface area contributed by atoms with Gasteiger partial charge in [-0.15, -0.1) is 0 Å². The molecule has 33 heavy (non-hydrogen) atoms. The predicted molar refractivity (Wildman–Crippen MR) is 114 cm³/mol. The van der Waals surface area contributed by atoms with E-state index < -0.39 is 30.2 Å². The highest BCUT2D eigenvalue weighted by atomic mass is 35.5. The number of hydrogen-bond donors (Lipinski definition) is 1. The van der Waals surface area contributed by atoms with Crippen LogP contribution in [0.1, 0.15) is 22.8 Å². The van der Waals surface area contributed by atoms with E-state index in [0.717, 1.165) is 12.3 Å². The predicted octanol–water partition coefficient (Wildman–Crippen LogP) is 3.22. The molecule has 1 aromatic heterocycles. The van der Waals surface area contributed by atoms with Crippen LogP contribution >= 0.6 is 11.6 Å². The maximum absolute atomic E-state index is 12.8. The van der Waals surface area contributed by atoms with E-state index in [1.807, 2.05) is 0 Å². The van der Waals surface area contributed by atoms with Gasteiger partial charge in [0.2, 0.25) is 5.91 Å². The second-order valence-corrected chi connectivity index (χ2v) is 7.64. The van der Waals surface area contributed by atoms with Crippen molar-refractivity contribution in [3.63, 3.8) is 0 Å². The third kappa shape index (κ3) is 6.35. The first-order valence-corrected chi connectivity index (χ1v) is 10.2. The smallest absolute Gasteiger partial charge is 0.417 e. The van der Waals surface area contributed by atoms with E-state index in [0.29, 0.717) is 18.8 Å². The molecule has 8 nitrogen and oxygen atoms in total. The van der Waals surface area contributed by atoms with Gasteiger partial charge in [-0.1, -0.05) is 11.6 Å². The van der Waals surface area contributed by atoms with Gasteiger partial charge < -0.3 is 19.9 Å². The van der Waals surface area contributed by atoms with Crippen LogP contribution in [-0.2, 0) is 20.5 Å². The van der Waals surface area contributed by atoms with Crippen LogP contribution in [0.4, 0.5) is 24.7 Å². The van der Waals surface area contributed by atoms with Gasteiger partial charge in [0.25, 0.3) is 5.91 Å². The number of carbonyl (C=O) groups is 3. The molecule has 12 heteroatoms. The van der Waals surface area contributed by atoms with Crippen molar-refractivity contribution in [3.8, 4) is 0 Å². The topological polar surface area (TPSA) is 91.8 Å². The van der Waals surface area contributed by atoms with Gasteiger partial charge in [-0.2, -0.15) is 13.2 Å². The molecule has 1 fully saturated rings. The molecule has 1 N–H and O–H groups in total. The average molecular weight is 485 g/mol. The first kappa shape index (κ1) is 24.3. The molecule has 1 aliphatic rings. The number of piperazine rings is 1. The first-order chi connectivity index (χ1) is 15.5. The van der Waals surface area contributed by atoms with Crippen molar-refractivity contribution in [2.75, 3.05) is 43.0 Å². The molecule has 1 saturated heterocycles. The fourth-order valence-electron chi connectivity index (χ4n) is 3.18. The third-order valence-electron chi connectivity index (χ3n) is 4.85. The highest BCUT2D eigenvalue weighted by molar-refractivity contribution is 6.33.